The van der Waals surface area contributed by atoms with Gasteiger partial charge >= 0.3 is 0 Å². The first kappa shape index (κ1) is 17.4. The van der Waals surface area contributed by atoms with Gasteiger partial charge in [-0.25, -0.2) is 4.98 Å². The molecule has 0 aliphatic heterocycles. The van der Waals surface area contributed by atoms with Gasteiger partial charge < -0.3 is 4.57 Å². The summed E-state index contributed by atoms with van der Waals surface area (Å²) < 4.78 is 2.21. The number of aromatic nitrogens is 2. The number of hydrogen-bond acceptors (Lipinski definition) is 3. The number of benzene rings is 2. The van der Waals surface area contributed by atoms with Crippen molar-refractivity contribution in [2.45, 2.75) is 31.4 Å². The molecule has 0 saturated heterocycles. The molecule has 4 heteroatoms. The second-order valence-electron chi connectivity index (χ2n) is 5.88. The summed E-state index contributed by atoms with van der Waals surface area (Å²) >= 11 is 4.07. The van der Waals surface area contributed by atoms with Crippen molar-refractivity contribution in [3.63, 3.8) is 0 Å². The molecule has 0 N–H and O–H groups in total. The van der Waals surface area contributed by atoms with Gasteiger partial charge in [0.05, 0.1) is 12.9 Å². The highest BCUT2D eigenvalue weighted by Gasteiger charge is 2.34. The van der Waals surface area contributed by atoms with Crippen molar-refractivity contribution in [3.05, 3.63) is 66.2 Å². The number of rotatable bonds is 7. The number of nitrogens with zero attached hydrogens (tertiary/aromatic N) is 2. The number of imidazole rings is 1. The maximum absolute atomic E-state index is 4.24. The van der Waals surface area contributed by atoms with Crippen molar-refractivity contribution in [1.29, 1.82) is 0 Å². The van der Waals surface area contributed by atoms with Crippen molar-refractivity contribution < 1.29 is 0 Å². The summed E-state index contributed by atoms with van der Waals surface area (Å²) in [5.74, 6) is 2.17. The number of fused-ring (bicyclic) bond motifs is 1. The van der Waals surface area contributed by atoms with Crippen molar-refractivity contribution in [2.24, 2.45) is 0 Å². The van der Waals surface area contributed by atoms with Gasteiger partial charge in [-0.3, -0.25) is 0 Å². The third-order valence-corrected chi connectivity index (χ3v) is 7.07. The molecular weight excluding hydrogens is 332 g/mol. The Kier molecular flexibility index (Phi) is 5.57. The zero-order valence-corrected chi connectivity index (χ0v) is 16.2. The van der Waals surface area contributed by atoms with E-state index in [1.54, 1.807) is 0 Å². The van der Waals surface area contributed by atoms with E-state index in [0.717, 1.165) is 18.1 Å². The molecule has 0 saturated carbocycles. The highest BCUT2D eigenvalue weighted by molar-refractivity contribution is 8.17. The number of thioether (sulfide) groups is 2. The van der Waals surface area contributed by atoms with Crippen LogP contribution in [-0.2, 0) is 10.6 Å². The number of aryl methyl sites for hydroxylation is 1. The second kappa shape index (κ2) is 7.66. The van der Waals surface area contributed by atoms with E-state index in [1.165, 1.54) is 21.9 Å². The zero-order valence-electron chi connectivity index (χ0n) is 14.5. The second-order valence-corrected chi connectivity index (χ2v) is 9.27. The quantitative estimate of drug-likeness (QED) is 0.505. The van der Waals surface area contributed by atoms with E-state index in [0.29, 0.717) is 0 Å². The number of hydrogen-bond donors (Lipinski definition) is 0. The Labute approximate surface area is 153 Å². The van der Waals surface area contributed by atoms with Gasteiger partial charge in [-0.15, -0.1) is 23.5 Å². The zero-order chi connectivity index (χ0) is 17.0. The Hall–Kier alpha value is -1.39. The Balaban J connectivity index is 2.18. The standard InChI is InChI=1S/C20H24N2S2/c1-4-23-20(24-5-2,14-22-12-11-21-15-22)19-8-6-7-17-10-9-16(3)13-18(17)19/h6-13,15H,4-5,14H2,1-3H3. The van der Waals surface area contributed by atoms with Crippen LogP contribution in [0.2, 0.25) is 0 Å². The molecule has 0 atom stereocenters. The lowest BCUT2D eigenvalue weighted by Crippen LogP contribution is -2.25. The molecule has 0 unspecified atom stereocenters. The fraction of sp³-hybridized carbons (Fsp3) is 0.350. The third kappa shape index (κ3) is 3.50. The molecule has 0 bridgehead atoms. The first-order chi connectivity index (χ1) is 11.7. The van der Waals surface area contributed by atoms with Crippen LogP contribution in [0.25, 0.3) is 10.8 Å². The van der Waals surface area contributed by atoms with Crippen LogP contribution < -0.4 is 0 Å². The van der Waals surface area contributed by atoms with Crippen LogP contribution in [0.1, 0.15) is 25.0 Å². The molecule has 3 rings (SSSR count). The molecule has 24 heavy (non-hydrogen) atoms. The molecule has 0 aliphatic rings. The minimum Gasteiger partial charge on any atom is -0.335 e. The van der Waals surface area contributed by atoms with Crippen molar-refractivity contribution in [3.8, 4) is 0 Å². The van der Waals surface area contributed by atoms with Gasteiger partial charge in [-0.1, -0.05) is 55.8 Å². The first-order valence-electron chi connectivity index (χ1n) is 8.42. The lowest BCUT2D eigenvalue weighted by Gasteiger charge is -2.34. The van der Waals surface area contributed by atoms with Crippen LogP contribution in [-0.4, -0.2) is 21.1 Å². The fourth-order valence-corrected chi connectivity index (χ4v) is 6.30. The summed E-state index contributed by atoms with van der Waals surface area (Å²) in [6.07, 6.45) is 5.86. The molecule has 0 aliphatic carbocycles. The van der Waals surface area contributed by atoms with Crippen LogP contribution >= 0.6 is 23.5 Å². The smallest absolute Gasteiger partial charge is 0.104 e. The van der Waals surface area contributed by atoms with Gasteiger partial charge in [0, 0.05) is 12.4 Å². The molecule has 0 fully saturated rings. The van der Waals surface area contributed by atoms with Crippen molar-refractivity contribution >= 4 is 34.3 Å². The largest absolute Gasteiger partial charge is 0.335 e. The van der Waals surface area contributed by atoms with Gasteiger partial charge in [-0.2, -0.15) is 0 Å². The van der Waals surface area contributed by atoms with E-state index in [4.69, 9.17) is 0 Å². The van der Waals surface area contributed by atoms with Gasteiger partial charge in [-0.05, 0) is 34.8 Å². The third-order valence-electron chi connectivity index (χ3n) is 4.15. The fourth-order valence-electron chi connectivity index (χ4n) is 3.18. The van der Waals surface area contributed by atoms with E-state index in [9.17, 15) is 0 Å². The molecular formula is C20H24N2S2. The van der Waals surface area contributed by atoms with Gasteiger partial charge in [0.2, 0.25) is 0 Å². The maximum Gasteiger partial charge on any atom is 0.104 e. The van der Waals surface area contributed by atoms with Crippen LogP contribution in [0.4, 0.5) is 0 Å². The predicted molar refractivity (Wildman–Crippen MR) is 109 cm³/mol. The lowest BCUT2D eigenvalue weighted by molar-refractivity contribution is 0.652. The molecule has 1 heterocycles. The van der Waals surface area contributed by atoms with Gasteiger partial charge in [0.25, 0.3) is 0 Å². The summed E-state index contributed by atoms with van der Waals surface area (Å²) in [5, 5.41) is 2.70. The molecule has 2 aromatic carbocycles. The summed E-state index contributed by atoms with van der Waals surface area (Å²) in [4.78, 5) is 4.24. The molecule has 0 amide bonds. The van der Waals surface area contributed by atoms with Crippen LogP contribution in [0.3, 0.4) is 0 Å². The molecule has 2 nitrogen and oxygen atoms in total. The highest BCUT2D eigenvalue weighted by Crippen LogP contribution is 2.50. The monoisotopic (exact) mass is 356 g/mol. The van der Waals surface area contributed by atoms with Crippen molar-refractivity contribution in [1.82, 2.24) is 9.55 Å². The molecule has 1 aromatic heterocycles. The Morgan fingerprint density at radius 2 is 1.88 bits per heavy atom. The lowest BCUT2D eigenvalue weighted by atomic mass is 9.99. The SMILES string of the molecule is CCSC(Cn1ccnc1)(SCC)c1cccc2ccc(C)cc12. The normalized spacial score (nSPS) is 12.0. The molecule has 3 aromatic rings. The molecule has 0 radical (unpaired) electrons. The summed E-state index contributed by atoms with van der Waals surface area (Å²) in [6, 6.07) is 13.5. The Morgan fingerprint density at radius 1 is 1.08 bits per heavy atom. The minimum absolute atomic E-state index is 0.00248. The van der Waals surface area contributed by atoms with E-state index < -0.39 is 0 Å². The maximum atomic E-state index is 4.24. The highest BCUT2D eigenvalue weighted by atomic mass is 32.2. The van der Waals surface area contributed by atoms with Crippen LogP contribution in [0, 0.1) is 6.92 Å². The van der Waals surface area contributed by atoms with Crippen LogP contribution in [0.15, 0.2) is 55.1 Å². The average molecular weight is 357 g/mol. The average Bonchev–Trinajstić information content (AvgIpc) is 3.07. The summed E-state index contributed by atoms with van der Waals surface area (Å²) in [7, 11) is 0. The first-order valence-corrected chi connectivity index (χ1v) is 10.4. The van der Waals surface area contributed by atoms with Gasteiger partial charge in [0.1, 0.15) is 4.08 Å². The van der Waals surface area contributed by atoms with E-state index in [1.807, 2.05) is 36.0 Å². The Morgan fingerprint density at radius 3 is 2.54 bits per heavy atom. The van der Waals surface area contributed by atoms with E-state index in [-0.39, 0.29) is 4.08 Å². The van der Waals surface area contributed by atoms with Crippen LogP contribution in [0.5, 0.6) is 0 Å². The Bertz CT molecular complexity index is 791. The minimum atomic E-state index is -0.00248. The van der Waals surface area contributed by atoms with Gasteiger partial charge in [0.15, 0.2) is 0 Å². The predicted octanol–water partition coefficient (Wildman–Crippen LogP) is 5.70. The topological polar surface area (TPSA) is 17.8 Å². The van der Waals surface area contributed by atoms with Crippen molar-refractivity contribution in [2.75, 3.05) is 11.5 Å². The molecule has 0 spiro atoms. The molecule has 126 valence electrons. The summed E-state index contributed by atoms with van der Waals surface area (Å²) in [5.41, 5.74) is 2.74. The van der Waals surface area contributed by atoms with E-state index in [2.05, 4.69) is 72.9 Å². The summed E-state index contributed by atoms with van der Waals surface area (Å²) in [6.45, 7) is 7.60. The van der Waals surface area contributed by atoms with E-state index >= 15 is 0 Å².